The molecular formula is C24H27NO4. The van der Waals surface area contributed by atoms with Crippen LogP contribution in [0.1, 0.15) is 38.4 Å². The fraction of sp³-hybridized carbons (Fsp3) is 0.375. The van der Waals surface area contributed by atoms with Crippen LogP contribution in [-0.4, -0.2) is 17.8 Å². The number of carbonyl (C=O) groups excluding carboxylic acids is 1. The molecule has 5 nitrogen and oxygen atoms in total. The summed E-state index contributed by atoms with van der Waals surface area (Å²) >= 11 is 0. The normalized spacial score (nSPS) is 16.3. The standard InChI is InChI=1S/C24H27NO4/c1-24(2,3)18-10-11-19-17(14-18)15-20(16-8-6-5-7-9-16)25(19)21-12-13-22(28-21)29-23(26)27-4/h5-9,12-13,15,18H,10-11,14H2,1-4H3. The lowest BCUT2D eigenvalue weighted by atomic mass is 9.72. The number of carbonyl (C=O) groups is 1. The molecule has 0 saturated carbocycles. The first-order valence-electron chi connectivity index (χ1n) is 10.0. The molecule has 0 spiro atoms. The SMILES string of the molecule is COC(=O)Oc1ccc(-n2c(-c3ccccc3)cc3c2CCC(C(C)(C)C)C3)o1. The van der Waals surface area contributed by atoms with Gasteiger partial charge in [-0.05, 0) is 47.8 Å². The van der Waals surface area contributed by atoms with Crippen molar-refractivity contribution >= 4 is 6.16 Å². The van der Waals surface area contributed by atoms with Crippen LogP contribution in [0.2, 0.25) is 0 Å². The van der Waals surface area contributed by atoms with Crippen LogP contribution in [0.15, 0.2) is 52.9 Å². The van der Waals surface area contributed by atoms with E-state index in [9.17, 15) is 4.79 Å². The Balaban J connectivity index is 1.79. The Bertz CT molecular complexity index is 1010. The molecule has 0 radical (unpaired) electrons. The molecule has 0 saturated heterocycles. The van der Waals surface area contributed by atoms with Gasteiger partial charge in [0.15, 0.2) is 0 Å². The summed E-state index contributed by atoms with van der Waals surface area (Å²) in [6, 6.07) is 16.1. The second-order valence-corrected chi connectivity index (χ2v) is 8.66. The topological polar surface area (TPSA) is 53.6 Å². The van der Waals surface area contributed by atoms with Crippen LogP contribution in [-0.2, 0) is 17.6 Å². The molecule has 2 aromatic heterocycles. The van der Waals surface area contributed by atoms with Crippen molar-refractivity contribution in [3.05, 3.63) is 59.8 Å². The summed E-state index contributed by atoms with van der Waals surface area (Å²) in [5, 5.41) is 0. The zero-order valence-corrected chi connectivity index (χ0v) is 17.4. The number of fused-ring (bicyclic) bond motifs is 1. The maximum Gasteiger partial charge on any atom is 0.516 e. The summed E-state index contributed by atoms with van der Waals surface area (Å²) in [7, 11) is 1.27. The van der Waals surface area contributed by atoms with E-state index < -0.39 is 6.16 Å². The molecule has 1 unspecified atom stereocenters. The van der Waals surface area contributed by atoms with E-state index in [2.05, 4.69) is 48.3 Å². The van der Waals surface area contributed by atoms with Crippen molar-refractivity contribution < 1.29 is 18.7 Å². The second kappa shape index (κ2) is 7.47. The van der Waals surface area contributed by atoms with Gasteiger partial charge in [-0.2, -0.15) is 0 Å². The number of nitrogens with zero attached hydrogens (tertiary/aromatic N) is 1. The summed E-state index contributed by atoms with van der Waals surface area (Å²) < 4.78 is 17.6. The number of furan rings is 1. The van der Waals surface area contributed by atoms with E-state index in [1.165, 1.54) is 18.4 Å². The van der Waals surface area contributed by atoms with Crippen LogP contribution in [0.3, 0.4) is 0 Å². The van der Waals surface area contributed by atoms with Gasteiger partial charge in [-0.3, -0.25) is 4.57 Å². The quantitative estimate of drug-likeness (QED) is 0.510. The molecular weight excluding hydrogens is 366 g/mol. The van der Waals surface area contributed by atoms with E-state index >= 15 is 0 Å². The van der Waals surface area contributed by atoms with Gasteiger partial charge in [-0.1, -0.05) is 51.1 Å². The zero-order chi connectivity index (χ0) is 20.6. The van der Waals surface area contributed by atoms with Crippen LogP contribution in [0, 0.1) is 11.3 Å². The van der Waals surface area contributed by atoms with E-state index in [0.717, 1.165) is 30.5 Å². The summed E-state index contributed by atoms with van der Waals surface area (Å²) in [6.07, 6.45) is 2.38. The molecule has 4 rings (SSSR count). The van der Waals surface area contributed by atoms with Crippen molar-refractivity contribution in [1.29, 1.82) is 0 Å². The molecule has 1 aliphatic carbocycles. The molecule has 29 heavy (non-hydrogen) atoms. The number of aromatic nitrogens is 1. The van der Waals surface area contributed by atoms with Crippen molar-refractivity contribution in [1.82, 2.24) is 4.57 Å². The van der Waals surface area contributed by atoms with Crippen molar-refractivity contribution in [2.45, 2.75) is 40.0 Å². The van der Waals surface area contributed by atoms with Crippen LogP contribution in [0.4, 0.5) is 4.79 Å². The highest BCUT2D eigenvalue weighted by Gasteiger charge is 2.32. The Kier molecular flexibility index (Phi) is 4.99. The highest BCUT2D eigenvalue weighted by molar-refractivity contribution is 5.66. The molecule has 1 aliphatic rings. The van der Waals surface area contributed by atoms with Crippen molar-refractivity contribution in [2.24, 2.45) is 11.3 Å². The molecule has 1 aromatic carbocycles. The molecule has 152 valence electrons. The average Bonchev–Trinajstić information content (AvgIpc) is 3.31. The minimum atomic E-state index is -0.795. The van der Waals surface area contributed by atoms with Gasteiger partial charge in [0.25, 0.3) is 5.95 Å². The molecule has 0 fully saturated rings. The Morgan fingerprint density at radius 1 is 1.14 bits per heavy atom. The van der Waals surface area contributed by atoms with E-state index in [-0.39, 0.29) is 11.4 Å². The van der Waals surface area contributed by atoms with E-state index in [1.54, 1.807) is 6.07 Å². The Morgan fingerprint density at radius 3 is 2.59 bits per heavy atom. The van der Waals surface area contributed by atoms with Gasteiger partial charge in [-0.25, -0.2) is 4.79 Å². The van der Waals surface area contributed by atoms with Crippen LogP contribution in [0.25, 0.3) is 17.1 Å². The predicted molar refractivity (Wildman–Crippen MR) is 111 cm³/mol. The fourth-order valence-corrected chi connectivity index (χ4v) is 4.15. The lowest BCUT2D eigenvalue weighted by molar-refractivity contribution is 0.111. The highest BCUT2D eigenvalue weighted by Crippen LogP contribution is 2.41. The number of ether oxygens (including phenoxy) is 2. The molecule has 2 heterocycles. The molecule has 1 atom stereocenters. The summed E-state index contributed by atoms with van der Waals surface area (Å²) in [5.74, 6) is 1.40. The third-order valence-electron chi connectivity index (χ3n) is 5.82. The van der Waals surface area contributed by atoms with Crippen molar-refractivity contribution in [3.63, 3.8) is 0 Å². The van der Waals surface area contributed by atoms with Gasteiger partial charge in [0.1, 0.15) is 0 Å². The molecule has 0 amide bonds. The van der Waals surface area contributed by atoms with Gasteiger partial charge < -0.3 is 13.9 Å². The third-order valence-corrected chi connectivity index (χ3v) is 5.82. The summed E-state index contributed by atoms with van der Waals surface area (Å²) in [4.78, 5) is 11.4. The molecule has 0 bridgehead atoms. The van der Waals surface area contributed by atoms with Crippen LogP contribution < -0.4 is 4.74 Å². The van der Waals surface area contributed by atoms with Crippen molar-refractivity contribution in [2.75, 3.05) is 7.11 Å². The number of hydrogen-bond acceptors (Lipinski definition) is 4. The van der Waals surface area contributed by atoms with Crippen LogP contribution in [0.5, 0.6) is 5.95 Å². The molecule has 5 heteroatoms. The maximum atomic E-state index is 11.4. The minimum Gasteiger partial charge on any atom is -0.437 e. The zero-order valence-electron chi connectivity index (χ0n) is 17.4. The van der Waals surface area contributed by atoms with Gasteiger partial charge >= 0.3 is 6.16 Å². The third kappa shape index (κ3) is 3.82. The average molecular weight is 393 g/mol. The number of hydrogen-bond donors (Lipinski definition) is 0. The first-order chi connectivity index (χ1) is 13.9. The van der Waals surface area contributed by atoms with Gasteiger partial charge in [0.2, 0.25) is 5.88 Å². The fourth-order valence-electron chi connectivity index (χ4n) is 4.15. The van der Waals surface area contributed by atoms with E-state index in [4.69, 9.17) is 9.15 Å². The predicted octanol–water partition coefficient (Wildman–Crippen LogP) is 6.03. The largest absolute Gasteiger partial charge is 0.516 e. The maximum absolute atomic E-state index is 11.4. The van der Waals surface area contributed by atoms with E-state index in [1.807, 2.05) is 24.3 Å². The summed E-state index contributed by atoms with van der Waals surface area (Å²) in [6.45, 7) is 6.96. The Hall–Kier alpha value is -2.95. The number of methoxy groups -OCH3 is 1. The first-order valence-corrected chi connectivity index (χ1v) is 10.0. The van der Waals surface area contributed by atoms with Gasteiger partial charge in [-0.15, -0.1) is 0 Å². The Morgan fingerprint density at radius 2 is 1.90 bits per heavy atom. The summed E-state index contributed by atoms with van der Waals surface area (Å²) in [5.41, 5.74) is 5.12. The van der Waals surface area contributed by atoms with Gasteiger partial charge in [0, 0.05) is 17.8 Å². The van der Waals surface area contributed by atoms with Gasteiger partial charge in [0.05, 0.1) is 12.8 Å². The number of benzene rings is 1. The molecule has 3 aromatic rings. The smallest absolute Gasteiger partial charge is 0.437 e. The Labute approximate surface area is 171 Å². The molecule has 0 N–H and O–H groups in total. The monoisotopic (exact) mass is 393 g/mol. The minimum absolute atomic E-state index is 0.122. The van der Waals surface area contributed by atoms with Crippen molar-refractivity contribution in [3.8, 4) is 23.1 Å². The van der Waals surface area contributed by atoms with E-state index in [0.29, 0.717) is 11.8 Å². The lowest BCUT2D eigenvalue weighted by Crippen LogP contribution is -2.27. The number of rotatable bonds is 3. The molecule has 0 aliphatic heterocycles. The lowest BCUT2D eigenvalue weighted by Gasteiger charge is -2.34. The second-order valence-electron chi connectivity index (χ2n) is 8.66. The highest BCUT2D eigenvalue weighted by atomic mass is 16.7. The van der Waals surface area contributed by atoms with Crippen LogP contribution >= 0.6 is 0 Å². The first kappa shape index (κ1) is 19.4.